The predicted octanol–water partition coefficient (Wildman–Crippen LogP) is 5.01. The van der Waals surface area contributed by atoms with Crippen molar-refractivity contribution in [2.24, 2.45) is 0 Å². The zero-order valence-electron chi connectivity index (χ0n) is 11.7. The highest BCUT2D eigenvalue weighted by atomic mass is 35.5. The summed E-state index contributed by atoms with van der Waals surface area (Å²) in [5.74, 6) is -0.929. The summed E-state index contributed by atoms with van der Waals surface area (Å²) in [7, 11) is 0. The monoisotopic (exact) mass is 290 g/mol. The van der Waals surface area contributed by atoms with E-state index < -0.39 is 5.82 Å². The number of rotatable bonds is 2. The van der Waals surface area contributed by atoms with Crippen LogP contribution in [0.2, 0.25) is 5.02 Å². The normalized spacial score (nSPS) is 11.4. The van der Waals surface area contributed by atoms with Crippen molar-refractivity contribution in [2.45, 2.75) is 26.2 Å². The van der Waals surface area contributed by atoms with E-state index in [4.69, 9.17) is 11.6 Å². The van der Waals surface area contributed by atoms with Crippen LogP contribution in [0.15, 0.2) is 42.5 Å². The Labute approximate surface area is 123 Å². The molecule has 2 rings (SSSR count). The minimum absolute atomic E-state index is 0.0209. The first-order chi connectivity index (χ1) is 9.29. The van der Waals surface area contributed by atoms with Crippen molar-refractivity contribution in [2.75, 3.05) is 0 Å². The van der Waals surface area contributed by atoms with Gasteiger partial charge < -0.3 is 0 Å². The fourth-order valence-electron chi connectivity index (χ4n) is 1.95. The zero-order chi connectivity index (χ0) is 14.9. The van der Waals surface area contributed by atoms with Gasteiger partial charge in [-0.05, 0) is 29.2 Å². The average molecular weight is 291 g/mol. The van der Waals surface area contributed by atoms with Gasteiger partial charge >= 0.3 is 0 Å². The van der Waals surface area contributed by atoms with Crippen LogP contribution >= 0.6 is 11.6 Å². The molecule has 0 radical (unpaired) electrons. The van der Waals surface area contributed by atoms with E-state index >= 15 is 0 Å². The number of hydrogen-bond acceptors (Lipinski definition) is 1. The SMILES string of the molecule is CC(C)(C)c1ccc(C(=O)c2ccc(Cl)cc2F)cc1. The van der Waals surface area contributed by atoms with Crippen molar-refractivity contribution in [3.8, 4) is 0 Å². The zero-order valence-corrected chi connectivity index (χ0v) is 12.5. The van der Waals surface area contributed by atoms with E-state index in [0.29, 0.717) is 5.56 Å². The second kappa shape index (κ2) is 5.37. The average Bonchev–Trinajstić information content (AvgIpc) is 2.37. The van der Waals surface area contributed by atoms with Crippen LogP contribution in [0.4, 0.5) is 4.39 Å². The molecule has 0 saturated heterocycles. The molecule has 20 heavy (non-hydrogen) atoms. The second-order valence-corrected chi connectivity index (χ2v) is 6.22. The van der Waals surface area contributed by atoms with Crippen LogP contribution in [0.3, 0.4) is 0 Å². The molecule has 0 heterocycles. The van der Waals surface area contributed by atoms with Gasteiger partial charge in [0.1, 0.15) is 5.82 Å². The first-order valence-electron chi connectivity index (χ1n) is 6.39. The molecule has 0 unspecified atom stereocenters. The van der Waals surface area contributed by atoms with Crippen molar-refractivity contribution in [1.29, 1.82) is 0 Å². The number of ketones is 1. The summed E-state index contributed by atoms with van der Waals surface area (Å²) in [5.41, 5.74) is 1.66. The fourth-order valence-corrected chi connectivity index (χ4v) is 2.11. The van der Waals surface area contributed by atoms with E-state index in [0.717, 1.165) is 11.6 Å². The summed E-state index contributed by atoms with van der Waals surface area (Å²) in [6.07, 6.45) is 0. The van der Waals surface area contributed by atoms with Gasteiger partial charge in [-0.25, -0.2) is 4.39 Å². The summed E-state index contributed by atoms with van der Waals surface area (Å²) >= 11 is 5.69. The summed E-state index contributed by atoms with van der Waals surface area (Å²) in [6.45, 7) is 6.30. The molecule has 0 atom stereocenters. The van der Waals surface area contributed by atoms with E-state index in [1.54, 1.807) is 12.1 Å². The van der Waals surface area contributed by atoms with Gasteiger partial charge in [-0.15, -0.1) is 0 Å². The predicted molar refractivity (Wildman–Crippen MR) is 80.0 cm³/mol. The smallest absolute Gasteiger partial charge is 0.195 e. The molecule has 0 spiro atoms. The lowest BCUT2D eigenvalue weighted by molar-refractivity contribution is 0.103. The lowest BCUT2D eigenvalue weighted by atomic mass is 9.86. The van der Waals surface area contributed by atoms with Gasteiger partial charge in [0.25, 0.3) is 0 Å². The molecule has 0 aromatic heterocycles. The van der Waals surface area contributed by atoms with Gasteiger partial charge in [-0.2, -0.15) is 0 Å². The third kappa shape index (κ3) is 3.07. The Hall–Kier alpha value is -1.67. The van der Waals surface area contributed by atoms with Crippen LogP contribution < -0.4 is 0 Å². The van der Waals surface area contributed by atoms with E-state index in [1.807, 2.05) is 12.1 Å². The highest BCUT2D eigenvalue weighted by Crippen LogP contribution is 2.23. The minimum Gasteiger partial charge on any atom is -0.288 e. The summed E-state index contributed by atoms with van der Waals surface area (Å²) in [4.78, 5) is 12.3. The number of benzene rings is 2. The maximum atomic E-state index is 13.7. The molecule has 104 valence electrons. The lowest BCUT2D eigenvalue weighted by Gasteiger charge is -2.19. The second-order valence-electron chi connectivity index (χ2n) is 5.78. The minimum atomic E-state index is -0.595. The van der Waals surface area contributed by atoms with Crippen LogP contribution in [0.5, 0.6) is 0 Å². The standard InChI is InChI=1S/C17H16ClFO/c1-17(2,3)12-6-4-11(5-7-12)16(20)14-9-8-13(18)10-15(14)19/h4-10H,1-3H3. The van der Waals surface area contributed by atoms with Crippen LogP contribution in [0.25, 0.3) is 0 Å². The Bertz CT molecular complexity index is 639. The van der Waals surface area contributed by atoms with Gasteiger partial charge in [0.15, 0.2) is 5.78 Å². The third-order valence-electron chi connectivity index (χ3n) is 3.19. The molecule has 0 amide bonds. The lowest BCUT2D eigenvalue weighted by Crippen LogP contribution is -2.11. The first kappa shape index (κ1) is 14.7. The summed E-state index contributed by atoms with van der Waals surface area (Å²) in [6, 6.07) is 11.4. The van der Waals surface area contributed by atoms with Gasteiger partial charge in [-0.3, -0.25) is 4.79 Å². The number of halogens is 2. The van der Waals surface area contributed by atoms with Crippen molar-refractivity contribution >= 4 is 17.4 Å². The van der Waals surface area contributed by atoms with Crippen LogP contribution in [-0.4, -0.2) is 5.78 Å². The molecule has 0 bridgehead atoms. The molecule has 2 aromatic rings. The molecular weight excluding hydrogens is 275 g/mol. The quantitative estimate of drug-likeness (QED) is 0.711. The molecule has 0 saturated carbocycles. The summed E-state index contributed by atoms with van der Waals surface area (Å²) in [5, 5.41) is 0.280. The molecule has 0 fully saturated rings. The molecule has 2 aromatic carbocycles. The maximum absolute atomic E-state index is 13.7. The van der Waals surface area contributed by atoms with Crippen molar-refractivity contribution in [3.63, 3.8) is 0 Å². The Balaban J connectivity index is 2.34. The molecule has 0 aliphatic heterocycles. The molecule has 3 heteroatoms. The third-order valence-corrected chi connectivity index (χ3v) is 3.42. The fraction of sp³-hybridized carbons (Fsp3) is 0.235. The Morgan fingerprint density at radius 1 is 1.05 bits per heavy atom. The Morgan fingerprint density at radius 2 is 1.65 bits per heavy atom. The van der Waals surface area contributed by atoms with Crippen molar-refractivity contribution in [1.82, 2.24) is 0 Å². The molecular formula is C17H16ClFO. The van der Waals surface area contributed by atoms with E-state index in [9.17, 15) is 9.18 Å². The van der Waals surface area contributed by atoms with Gasteiger partial charge in [0, 0.05) is 10.6 Å². The van der Waals surface area contributed by atoms with E-state index in [2.05, 4.69) is 20.8 Å². The van der Waals surface area contributed by atoms with E-state index in [-0.39, 0.29) is 21.8 Å². The molecule has 0 aliphatic carbocycles. The van der Waals surface area contributed by atoms with Crippen LogP contribution in [0, 0.1) is 5.82 Å². The van der Waals surface area contributed by atoms with Gasteiger partial charge in [-0.1, -0.05) is 56.6 Å². The van der Waals surface area contributed by atoms with Crippen molar-refractivity contribution < 1.29 is 9.18 Å². The number of hydrogen-bond donors (Lipinski definition) is 0. The largest absolute Gasteiger partial charge is 0.288 e. The number of carbonyl (C=O) groups is 1. The van der Waals surface area contributed by atoms with E-state index in [1.165, 1.54) is 12.1 Å². The summed E-state index contributed by atoms with van der Waals surface area (Å²) < 4.78 is 13.7. The number of carbonyl (C=O) groups excluding carboxylic acids is 1. The van der Waals surface area contributed by atoms with Gasteiger partial charge in [0.05, 0.1) is 5.56 Å². The van der Waals surface area contributed by atoms with Crippen LogP contribution in [0.1, 0.15) is 42.3 Å². The topological polar surface area (TPSA) is 17.1 Å². The molecule has 0 aliphatic rings. The van der Waals surface area contributed by atoms with Crippen LogP contribution in [-0.2, 0) is 5.41 Å². The maximum Gasteiger partial charge on any atom is 0.195 e. The first-order valence-corrected chi connectivity index (χ1v) is 6.77. The highest BCUT2D eigenvalue weighted by molar-refractivity contribution is 6.30. The van der Waals surface area contributed by atoms with Gasteiger partial charge in [0.2, 0.25) is 0 Å². The Morgan fingerprint density at radius 3 is 2.15 bits per heavy atom. The molecule has 1 nitrogen and oxygen atoms in total. The molecule has 0 N–H and O–H groups in total. The highest BCUT2D eigenvalue weighted by Gasteiger charge is 2.17. The van der Waals surface area contributed by atoms with Crippen molar-refractivity contribution in [3.05, 3.63) is 70.0 Å². The Kier molecular flexibility index (Phi) is 3.96.